The second-order valence-electron chi connectivity index (χ2n) is 4.56. The van der Waals surface area contributed by atoms with Crippen LogP contribution in [0.25, 0.3) is 0 Å². The minimum atomic E-state index is -0.313. The van der Waals surface area contributed by atoms with Crippen molar-refractivity contribution in [1.82, 2.24) is 10.1 Å². The van der Waals surface area contributed by atoms with Gasteiger partial charge in [0.25, 0.3) is 0 Å². The summed E-state index contributed by atoms with van der Waals surface area (Å²) in [5.74, 6) is 1.41. The van der Waals surface area contributed by atoms with Gasteiger partial charge in [0.15, 0.2) is 5.82 Å². The largest absolute Gasteiger partial charge is 0.367 e. The molecule has 2 rings (SSSR count). The van der Waals surface area contributed by atoms with E-state index in [1.807, 2.05) is 6.92 Å². The topological polar surface area (TPSA) is 51.1 Å². The maximum Gasteiger partial charge on any atom is 0.314 e. The minimum absolute atomic E-state index is 0.257. The van der Waals surface area contributed by atoms with Crippen LogP contribution in [0.4, 0.5) is 0 Å². The molecule has 0 aliphatic heterocycles. The quantitative estimate of drug-likeness (QED) is 0.827. The molecular formula is C11H18N2O2S. The fourth-order valence-electron chi connectivity index (χ4n) is 2.62. The molecule has 0 aromatic carbocycles. The monoisotopic (exact) mass is 242 g/mol. The van der Waals surface area contributed by atoms with E-state index < -0.39 is 0 Å². The third-order valence-electron chi connectivity index (χ3n) is 3.25. The standard InChI is InChI=1S/C11H18N2O2S/c1-3-14-11(6-4-5-8(2)7-11)9-12-10(16)15-13-9/h8H,3-7H2,1-2H3,(H,12,13,16). The molecule has 90 valence electrons. The van der Waals surface area contributed by atoms with Gasteiger partial charge in [-0.25, -0.2) is 5.16 Å². The molecule has 2 unspecified atom stereocenters. The number of rotatable bonds is 3. The summed E-state index contributed by atoms with van der Waals surface area (Å²) in [6.07, 6.45) is 4.39. The highest BCUT2D eigenvalue weighted by molar-refractivity contribution is 7.71. The van der Waals surface area contributed by atoms with Crippen LogP contribution in [0.2, 0.25) is 0 Å². The predicted molar refractivity (Wildman–Crippen MR) is 62.6 cm³/mol. The second kappa shape index (κ2) is 4.67. The van der Waals surface area contributed by atoms with Gasteiger partial charge in [-0.15, -0.1) is 0 Å². The summed E-state index contributed by atoms with van der Waals surface area (Å²) in [6, 6.07) is 0. The summed E-state index contributed by atoms with van der Waals surface area (Å²) in [6.45, 7) is 4.94. The summed E-state index contributed by atoms with van der Waals surface area (Å²) in [7, 11) is 0. The molecule has 0 amide bonds. The Bertz CT molecular complexity index is 397. The Morgan fingerprint density at radius 3 is 3.06 bits per heavy atom. The van der Waals surface area contributed by atoms with Gasteiger partial charge in [-0.05, 0) is 44.3 Å². The Kier molecular flexibility index (Phi) is 3.44. The van der Waals surface area contributed by atoms with Crippen molar-refractivity contribution in [2.75, 3.05) is 6.61 Å². The highest BCUT2D eigenvalue weighted by atomic mass is 32.1. The Morgan fingerprint density at radius 1 is 1.69 bits per heavy atom. The Balaban J connectivity index is 2.30. The van der Waals surface area contributed by atoms with Crippen LogP contribution in [0.3, 0.4) is 0 Å². The molecule has 1 aliphatic rings. The SMILES string of the molecule is CCOC1(c2nc(=S)o[nH]2)CCCC(C)C1. The summed E-state index contributed by atoms with van der Waals surface area (Å²) in [4.78, 5) is 4.48. The van der Waals surface area contributed by atoms with Gasteiger partial charge in [0.05, 0.1) is 0 Å². The van der Waals surface area contributed by atoms with E-state index in [0.29, 0.717) is 12.5 Å². The van der Waals surface area contributed by atoms with E-state index in [9.17, 15) is 0 Å². The summed E-state index contributed by atoms with van der Waals surface area (Å²) >= 11 is 4.90. The van der Waals surface area contributed by atoms with Crippen molar-refractivity contribution in [1.29, 1.82) is 0 Å². The van der Waals surface area contributed by atoms with Crippen LogP contribution in [-0.2, 0) is 10.3 Å². The average Bonchev–Trinajstić information content (AvgIpc) is 2.66. The minimum Gasteiger partial charge on any atom is -0.367 e. The Labute approximate surface area is 100 Å². The van der Waals surface area contributed by atoms with Crippen LogP contribution in [0, 0.1) is 10.8 Å². The predicted octanol–water partition coefficient (Wildman–Crippen LogP) is 3.17. The zero-order valence-electron chi connectivity index (χ0n) is 9.78. The van der Waals surface area contributed by atoms with Crippen molar-refractivity contribution in [2.45, 2.75) is 45.1 Å². The van der Waals surface area contributed by atoms with E-state index in [0.717, 1.165) is 25.1 Å². The van der Waals surface area contributed by atoms with Crippen LogP contribution in [0.1, 0.15) is 45.4 Å². The third-order valence-corrected chi connectivity index (χ3v) is 3.42. The fourth-order valence-corrected chi connectivity index (χ4v) is 2.75. The first-order chi connectivity index (χ1) is 7.66. The van der Waals surface area contributed by atoms with E-state index in [2.05, 4.69) is 17.1 Å². The van der Waals surface area contributed by atoms with Gasteiger partial charge in [0.2, 0.25) is 0 Å². The molecule has 0 saturated heterocycles. The zero-order chi connectivity index (χ0) is 11.6. The van der Waals surface area contributed by atoms with Crippen molar-refractivity contribution in [2.24, 2.45) is 5.92 Å². The van der Waals surface area contributed by atoms with Crippen LogP contribution >= 0.6 is 12.2 Å². The lowest BCUT2D eigenvalue weighted by Gasteiger charge is -2.37. The lowest BCUT2D eigenvalue weighted by molar-refractivity contribution is -0.0891. The maximum absolute atomic E-state index is 5.94. The molecule has 4 nitrogen and oxygen atoms in total. The first-order valence-electron chi connectivity index (χ1n) is 5.86. The van der Waals surface area contributed by atoms with Gasteiger partial charge in [0.1, 0.15) is 5.60 Å². The van der Waals surface area contributed by atoms with Gasteiger partial charge in [0, 0.05) is 6.61 Å². The number of ether oxygens (including phenoxy) is 1. The average molecular weight is 242 g/mol. The van der Waals surface area contributed by atoms with Crippen LogP contribution < -0.4 is 0 Å². The first kappa shape index (κ1) is 11.8. The molecule has 1 aliphatic carbocycles. The summed E-state index contributed by atoms with van der Waals surface area (Å²) < 4.78 is 11.0. The van der Waals surface area contributed by atoms with Crippen molar-refractivity contribution in [3.8, 4) is 0 Å². The van der Waals surface area contributed by atoms with Gasteiger partial charge in [-0.1, -0.05) is 13.3 Å². The number of nitrogens with zero attached hydrogens (tertiary/aromatic N) is 1. The van der Waals surface area contributed by atoms with Crippen molar-refractivity contribution < 1.29 is 9.26 Å². The Morgan fingerprint density at radius 2 is 2.50 bits per heavy atom. The van der Waals surface area contributed by atoms with Crippen molar-refractivity contribution in [3.05, 3.63) is 10.7 Å². The molecule has 0 spiro atoms. The first-order valence-corrected chi connectivity index (χ1v) is 6.27. The molecular weight excluding hydrogens is 224 g/mol. The molecule has 1 aromatic rings. The number of aromatic amines is 1. The summed E-state index contributed by atoms with van der Waals surface area (Å²) in [5.41, 5.74) is -0.313. The molecule has 16 heavy (non-hydrogen) atoms. The number of H-pyrrole nitrogens is 1. The highest BCUT2D eigenvalue weighted by Gasteiger charge is 2.40. The fraction of sp³-hybridized carbons (Fsp3) is 0.818. The van der Waals surface area contributed by atoms with Crippen LogP contribution in [0.15, 0.2) is 4.52 Å². The van der Waals surface area contributed by atoms with Crippen molar-refractivity contribution >= 4 is 12.2 Å². The molecule has 2 atom stereocenters. The molecule has 5 heteroatoms. The molecule has 0 bridgehead atoms. The van der Waals surface area contributed by atoms with E-state index >= 15 is 0 Å². The van der Waals surface area contributed by atoms with Crippen LogP contribution in [0.5, 0.6) is 0 Å². The zero-order valence-corrected chi connectivity index (χ0v) is 10.6. The lowest BCUT2D eigenvalue weighted by atomic mass is 9.78. The molecule has 1 N–H and O–H groups in total. The van der Waals surface area contributed by atoms with E-state index in [-0.39, 0.29) is 10.4 Å². The normalized spacial score (nSPS) is 30.5. The van der Waals surface area contributed by atoms with E-state index in [1.54, 1.807) is 0 Å². The lowest BCUT2D eigenvalue weighted by Crippen LogP contribution is -2.36. The van der Waals surface area contributed by atoms with Gasteiger partial charge >= 0.3 is 4.84 Å². The smallest absolute Gasteiger partial charge is 0.314 e. The van der Waals surface area contributed by atoms with Gasteiger partial charge in [-0.3, -0.25) is 0 Å². The molecule has 0 radical (unpaired) electrons. The number of aromatic nitrogens is 2. The molecule has 1 heterocycles. The van der Waals surface area contributed by atoms with E-state index in [1.165, 1.54) is 6.42 Å². The van der Waals surface area contributed by atoms with Gasteiger partial charge < -0.3 is 9.26 Å². The Hall–Kier alpha value is -0.680. The number of nitrogens with one attached hydrogen (secondary N) is 1. The van der Waals surface area contributed by atoms with Crippen LogP contribution in [-0.4, -0.2) is 16.7 Å². The summed E-state index contributed by atoms with van der Waals surface area (Å²) in [5, 5.41) is 2.81. The molecule has 1 fully saturated rings. The maximum atomic E-state index is 5.94. The second-order valence-corrected chi connectivity index (χ2v) is 4.91. The third kappa shape index (κ3) is 2.20. The highest BCUT2D eigenvalue weighted by Crippen LogP contribution is 2.41. The van der Waals surface area contributed by atoms with E-state index in [4.69, 9.17) is 21.5 Å². The number of hydrogen-bond acceptors (Lipinski definition) is 4. The molecule has 1 aromatic heterocycles. The molecule has 1 saturated carbocycles. The van der Waals surface area contributed by atoms with Gasteiger partial charge in [-0.2, -0.15) is 4.98 Å². The number of hydrogen-bond donors (Lipinski definition) is 1. The van der Waals surface area contributed by atoms with Crippen molar-refractivity contribution in [3.63, 3.8) is 0 Å².